The zero-order valence-electron chi connectivity index (χ0n) is 14.0. The quantitative estimate of drug-likeness (QED) is 0.575. The lowest BCUT2D eigenvalue weighted by atomic mass is 10.1. The van der Waals surface area contributed by atoms with Crippen molar-refractivity contribution < 1.29 is 19.4 Å². The van der Waals surface area contributed by atoms with E-state index in [0.29, 0.717) is 17.9 Å². The van der Waals surface area contributed by atoms with Gasteiger partial charge in [-0.3, -0.25) is 9.69 Å². The van der Waals surface area contributed by atoms with Gasteiger partial charge in [-0.1, -0.05) is 40.2 Å². The molecule has 1 fully saturated rings. The molecule has 0 aliphatic carbocycles. The Bertz CT molecular complexity index is 878. The van der Waals surface area contributed by atoms with Crippen LogP contribution in [0.25, 0.3) is 6.08 Å². The molecule has 0 radical (unpaired) electrons. The van der Waals surface area contributed by atoms with Gasteiger partial charge in [0, 0.05) is 10.0 Å². The number of imide groups is 1. The van der Waals surface area contributed by atoms with Gasteiger partial charge in [-0.2, -0.15) is 0 Å². The number of urea groups is 1. The number of benzene rings is 2. The first-order chi connectivity index (χ1) is 12.5. The van der Waals surface area contributed by atoms with E-state index < -0.39 is 11.9 Å². The minimum atomic E-state index is -0.496. The summed E-state index contributed by atoms with van der Waals surface area (Å²) in [6.45, 7) is 2.38. The van der Waals surface area contributed by atoms with Gasteiger partial charge in [0.1, 0.15) is 5.70 Å². The van der Waals surface area contributed by atoms with Crippen LogP contribution in [-0.4, -0.2) is 28.6 Å². The standard InChI is InChI=1S/C19H17BrN2O4/c1-2-26-16-5-3-4-13(17(16)23)10-15-18(24)22(19(25)21-15)11-12-6-8-14(20)9-7-12/h3-10,23H,2,11H2,1H3,(H,21,25). The minimum absolute atomic E-state index is 0.0738. The van der Waals surface area contributed by atoms with E-state index in [1.807, 2.05) is 31.2 Å². The molecule has 1 aliphatic rings. The summed E-state index contributed by atoms with van der Waals surface area (Å²) in [6.07, 6.45) is 1.44. The molecule has 2 N–H and O–H groups in total. The summed E-state index contributed by atoms with van der Waals surface area (Å²) >= 11 is 3.35. The van der Waals surface area contributed by atoms with Gasteiger partial charge in [0.2, 0.25) is 0 Å². The molecule has 0 bridgehead atoms. The van der Waals surface area contributed by atoms with E-state index in [2.05, 4.69) is 21.2 Å². The van der Waals surface area contributed by atoms with Crippen LogP contribution in [0.1, 0.15) is 18.1 Å². The highest BCUT2D eigenvalue weighted by atomic mass is 79.9. The summed E-state index contributed by atoms with van der Waals surface area (Å²) in [6, 6.07) is 11.9. The second-order valence-electron chi connectivity index (χ2n) is 5.63. The number of amides is 3. The number of carbonyl (C=O) groups is 2. The number of nitrogens with zero attached hydrogens (tertiary/aromatic N) is 1. The lowest BCUT2D eigenvalue weighted by Gasteiger charge is -2.11. The Morgan fingerprint density at radius 2 is 1.92 bits per heavy atom. The van der Waals surface area contributed by atoms with Crippen LogP contribution in [-0.2, 0) is 11.3 Å². The van der Waals surface area contributed by atoms with E-state index in [1.54, 1.807) is 18.2 Å². The van der Waals surface area contributed by atoms with Gasteiger partial charge in [-0.25, -0.2) is 4.79 Å². The maximum absolute atomic E-state index is 12.6. The van der Waals surface area contributed by atoms with Gasteiger partial charge in [0.15, 0.2) is 11.5 Å². The second-order valence-corrected chi connectivity index (χ2v) is 6.55. The minimum Gasteiger partial charge on any atom is -0.504 e. The van der Waals surface area contributed by atoms with Crippen molar-refractivity contribution in [3.63, 3.8) is 0 Å². The Balaban J connectivity index is 1.83. The summed E-state index contributed by atoms with van der Waals surface area (Å²) < 4.78 is 6.25. The van der Waals surface area contributed by atoms with Crippen molar-refractivity contribution in [1.82, 2.24) is 10.2 Å². The molecule has 0 saturated carbocycles. The first kappa shape index (κ1) is 18.0. The number of rotatable bonds is 5. The largest absolute Gasteiger partial charge is 0.504 e. The maximum Gasteiger partial charge on any atom is 0.329 e. The Morgan fingerprint density at radius 1 is 1.19 bits per heavy atom. The molecule has 1 aliphatic heterocycles. The number of halogens is 1. The SMILES string of the molecule is CCOc1cccc(C=C2NC(=O)N(Cc3ccc(Br)cc3)C2=O)c1O. The third-order valence-corrected chi connectivity index (χ3v) is 4.37. The first-order valence-corrected chi connectivity index (χ1v) is 8.82. The fraction of sp³-hybridized carbons (Fsp3) is 0.158. The average molecular weight is 417 g/mol. The molecule has 3 amide bonds. The summed E-state index contributed by atoms with van der Waals surface area (Å²) in [7, 11) is 0. The van der Waals surface area contributed by atoms with E-state index in [4.69, 9.17) is 4.74 Å². The number of hydrogen-bond donors (Lipinski definition) is 2. The number of ether oxygens (including phenoxy) is 1. The number of aromatic hydroxyl groups is 1. The topological polar surface area (TPSA) is 78.9 Å². The molecular weight excluding hydrogens is 400 g/mol. The number of hydrogen-bond acceptors (Lipinski definition) is 4. The van der Waals surface area contributed by atoms with Gasteiger partial charge in [-0.05, 0) is 36.8 Å². The predicted octanol–water partition coefficient (Wildman–Crippen LogP) is 3.65. The van der Waals surface area contributed by atoms with Crippen LogP contribution in [0.2, 0.25) is 0 Å². The average Bonchev–Trinajstić information content (AvgIpc) is 2.88. The Labute approximate surface area is 159 Å². The molecule has 0 aromatic heterocycles. The zero-order chi connectivity index (χ0) is 18.7. The van der Waals surface area contributed by atoms with Crippen LogP contribution < -0.4 is 10.1 Å². The van der Waals surface area contributed by atoms with Gasteiger partial charge >= 0.3 is 6.03 Å². The highest BCUT2D eigenvalue weighted by Gasteiger charge is 2.33. The van der Waals surface area contributed by atoms with Crippen molar-refractivity contribution in [1.29, 1.82) is 0 Å². The monoisotopic (exact) mass is 416 g/mol. The molecule has 6 nitrogen and oxygen atoms in total. The van der Waals surface area contributed by atoms with Crippen molar-refractivity contribution in [2.45, 2.75) is 13.5 Å². The van der Waals surface area contributed by atoms with Crippen LogP contribution in [0.15, 0.2) is 52.6 Å². The molecule has 3 rings (SSSR count). The lowest BCUT2D eigenvalue weighted by Crippen LogP contribution is -2.30. The molecule has 2 aromatic carbocycles. The molecule has 1 saturated heterocycles. The van der Waals surface area contributed by atoms with Crippen molar-refractivity contribution in [3.8, 4) is 11.5 Å². The van der Waals surface area contributed by atoms with Crippen molar-refractivity contribution in [2.75, 3.05) is 6.61 Å². The number of carbonyl (C=O) groups excluding carboxylic acids is 2. The Kier molecular flexibility index (Phi) is 5.27. The first-order valence-electron chi connectivity index (χ1n) is 8.03. The molecule has 1 heterocycles. The molecule has 0 spiro atoms. The third kappa shape index (κ3) is 3.72. The van der Waals surface area contributed by atoms with Crippen LogP contribution in [0, 0.1) is 0 Å². The molecule has 0 unspecified atom stereocenters. The van der Waals surface area contributed by atoms with Gasteiger partial charge in [0.05, 0.1) is 13.2 Å². The van der Waals surface area contributed by atoms with E-state index in [-0.39, 0.29) is 18.0 Å². The zero-order valence-corrected chi connectivity index (χ0v) is 15.6. The molecule has 134 valence electrons. The molecule has 0 atom stereocenters. The Morgan fingerprint density at radius 3 is 2.62 bits per heavy atom. The Hall–Kier alpha value is -2.80. The smallest absolute Gasteiger partial charge is 0.329 e. The highest BCUT2D eigenvalue weighted by molar-refractivity contribution is 9.10. The van der Waals surface area contributed by atoms with Gasteiger partial charge in [-0.15, -0.1) is 0 Å². The number of phenols is 1. The van der Waals surface area contributed by atoms with E-state index in [0.717, 1.165) is 14.9 Å². The third-order valence-electron chi connectivity index (χ3n) is 3.85. The fourth-order valence-corrected chi connectivity index (χ4v) is 2.84. The van der Waals surface area contributed by atoms with Crippen LogP contribution in [0.5, 0.6) is 11.5 Å². The number of nitrogens with one attached hydrogen (secondary N) is 1. The number of para-hydroxylation sites is 1. The van der Waals surface area contributed by atoms with Crippen molar-refractivity contribution in [2.24, 2.45) is 0 Å². The second kappa shape index (κ2) is 7.61. The van der Waals surface area contributed by atoms with E-state index >= 15 is 0 Å². The van der Waals surface area contributed by atoms with Crippen LogP contribution in [0.3, 0.4) is 0 Å². The maximum atomic E-state index is 12.6. The molecule has 26 heavy (non-hydrogen) atoms. The molecular formula is C19H17BrN2O4. The summed E-state index contributed by atoms with van der Waals surface area (Å²) in [5.74, 6) is -0.195. The highest BCUT2D eigenvalue weighted by Crippen LogP contribution is 2.31. The normalized spacial score (nSPS) is 15.5. The van der Waals surface area contributed by atoms with Crippen LogP contribution >= 0.6 is 15.9 Å². The van der Waals surface area contributed by atoms with E-state index in [1.165, 1.54) is 6.08 Å². The summed E-state index contributed by atoms with van der Waals surface area (Å²) in [5.41, 5.74) is 1.33. The summed E-state index contributed by atoms with van der Waals surface area (Å²) in [4.78, 5) is 25.9. The fourth-order valence-electron chi connectivity index (χ4n) is 2.57. The van der Waals surface area contributed by atoms with Crippen LogP contribution in [0.4, 0.5) is 4.79 Å². The molecule has 7 heteroatoms. The van der Waals surface area contributed by atoms with Crippen molar-refractivity contribution >= 4 is 33.9 Å². The summed E-state index contributed by atoms with van der Waals surface area (Å²) in [5, 5.41) is 12.8. The van der Waals surface area contributed by atoms with E-state index in [9.17, 15) is 14.7 Å². The van der Waals surface area contributed by atoms with Gasteiger partial charge < -0.3 is 15.2 Å². The van der Waals surface area contributed by atoms with Crippen molar-refractivity contribution in [3.05, 3.63) is 63.8 Å². The lowest BCUT2D eigenvalue weighted by molar-refractivity contribution is -0.123. The van der Waals surface area contributed by atoms with Gasteiger partial charge in [0.25, 0.3) is 5.91 Å². The number of phenolic OH excluding ortho intramolecular Hbond substituents is 1. The molecule has 2 aromatic rings. The predicted molar refractivity (Wildman–Crippen MR) is 100 cm³/mol.